The molecule has 0 amide bonds. The third-order valence-corrected chi connectivity index (χ3v) is 0.692. The summed E-state index contributed by atoms with van der Waals surface area (Å²) in [5.41, 5.74) is 4.84. The normalized spacial score (nSPS) is 20.0. The summed E-state index contributed by atoms with van der Waals surface area (Å²) in [5.74, 6) is -2.51. The molecule has 0 unspecified atom stereocenters. The summed E-state index contributed by atoms with van der Waals surface area (Å²) in [7, 11) is 0. The minimum Gasteiger partial charge on any atom is -0.480 e. The van der Waals surface area contributed by atoms with E-state index in [1.165, 1.54) is 0 Å². The van der Waals surface area contributed by atoms with Crippen LogP contribution in [0.4, 0.5) is 0 Å². The van der Waals surface area contributed by atoms with E-state index < -0.39 is 17.9 Å². The van der Waals surface area contributed by atoms with Crippen LogP contribution in [0.2, 0.25) is 0 Å². The van der Waals surface area contributed by atoms with Gasteiger partial charge in [0.25, 0.3) is 0 Å². The Bertz CT molecular complexity index is 97.3. The highest BCUT2D eigenvalue weighted by Gasteiger charge is 2.07. The molecule has 0 aromatic heterocycles. The molecule has 3 N–H and O–H groups in total. The van der Waals surface area contributed by atoms with Gasteiger partial charge in [-0.3, -0.25) is 4.79 Å². The summed E-state index contributed by atoms with van der Waals surface area (Å²) in [6, 6.07) is -1.28. The third kappa shape index (κ3) is 2.42. The maximum Gasteiger partial charge on any atom is 0.321 e. The second-order valence-corrected chi connectivity index (χ2v) is 1.24. The van der Waals surface area contributed by atoms with Crippen molar-refractivity contribution in [3.8, 4) is 0 Å². The third-order valence-electron chi connectivity index (χ3n) is 0.421. The number of nitrogens with two attached hydrogens (primary N) is 1. The van der Waals surface area contributed by atoms with Crippen molar-refractivity contribution in [2.45, 2.75) is 6.04 Å². The first-order valence-electron chi connectivity index (χ1n) is 2.18. The predicted molar refractivity (Wildman–Crippen MR) is 26.3 cm³/mol. The number of halogens is 1. The largest absolute Gasteiger partial charge is 0.480 e. The van der Waals surface area contributed by atoms with Gasteiger partial charge in [-0.05, 0) is 0 Å². The molecule has 0 bridgehead atoms. The van der Waals surface area contributed by atoms with Crippen LogP contribution >= 0.6 is 11.6 Å². The highest BCUT2D eigenvalue weighted by Crippen LogP contribution is 1.80. The number of aliphatic carboxylic acids is 1. The van der Waals surface area contributed by atoms with Crippen molar-refractivity contribution < 1.29 is 11.3 Å². The first-order chi connectivity index (χ1) is 3.55. The zero-order valence-corrected chi connectivity index (χ0v) is 4.22. The first kappa shape index (κ1) is 4.87. The Kier molecular flexibility index (Phi) is 1.96. The van der Waals surface area contributed by atoms with Gasteiger partial charge in [0.05, 0.1) is 0 Å². The van der Waals surface area contributed by atoms with E-state index >= 15 is 0 Å². The molecule has 0 aromatic carbocycles. The van der Waals surface area contributed by atoms with Gasteiger partial charge >= 0.3 is 5.97 Å². The molecule has 7 heavy (non-hydrogen) atoms. The first-order valence-corrected chi connectivity index (χ1v) is 2.04. The van der Waals surface area contributed by atoms with E-state index in [0.29, 0.717) is 0 Å². The number of hydrogen-bond donors (Lipinski definition) is 2. The molecular weight excluding hydrogens is 117 g/mol. The minimum atomic E-state index is -1.28. The standard InChI is InChI=1S/C3H6ClNO2/c4-1-2(5)3(6)7/h2H,1,5H2,(H,6,7)/t2-/m1/s1/i1D/t1-,2+/m0. The lowest BCUT2D eigenvalue weighted by Gasteiger charge is -1.95. The lowest BCUT2D eigenvalue weighted by atomic mass is 10.4. The van der Waals surface area contributed by atoms with E-state index in [4.69, 9.17) is 23.8 Å². The zero-order chi connectivity index (χ0) is 6.73. The second-order valence-electron chi connectivity index (χ2n) is 0.990. The number of carboxylic acids is 1. The van der Waals surface area contributed by atoms with Crippen LogP contribution in [-0.4, -0.2) is 23.0 Å². The molecule has 0 aromatic rings. The van der Waals surface area contributed by atoms with E-state index in [2.05, 4.69) is 0 Å². The van der Waals surface area contributed by atoms with Crippen LogP contribution in [-0.2, 0) is 4.79 Å². The van der Waals surface area contributed by atoms with Crippen molar-refractivity contribution in [1.82, 2.24) is 0 Å². The Labute approximate surface area is 47.5 Å². The fourth-order valence-corrected chi connectivity index (χ4v) is 0.162. The molecule has 4 heteroatoms. The molecule has 0 radical (unpaired) electrons. The molecular formula is C3H6ClNO2. The topological polar surface area (TPSA) is 63.3 Å². The summed E-state index contributed by atoms with van der Waals surface area (Å²) in [4.78, 5) is 9.81. The van der Waals surface area contributed by atoms with Crippen molar-refractivity contribution in [3.05, 3.63) is 0 Å². The summed E-state index contributed by atoms with van der Waals surface area (Å²) in [6.07, 6.45) is 0. The van der Waals surface area contributed by atoms with Gasteiger partial charge in [0.15, 0.2) is 0 Å². The predicted octanol–water partition coefficient (Wildman–Crippen LogP) is -0.363. The fraction of sp³-hybridized carbons (Fsp3) is 0.667. The maximum absolute atomic E-state index is 9.81. The fourth-order valence-electron chi connectivity index (χ4n) is 0.0539. The van der Waals surface area contributed by atoms with E-state index in [-0.39, 0.29) is 0 Å². The number of hydrogen-bond acceptors (Lipinski definition) is 2. The molecule has 0 saturated heterocycles. The highest BCUT2D eigenvalue weighted by atomic mass is 35.5. The van der Waals surface area contributed by atoms with Crippen LogP contribution in [0.3, 0.4) is 0 Å². The Morgan fingerprint density at radius 1 is 2.29 bits per heavy atom. The average molecular weight is 125 g/mol. The van der Waals surface area contributed by atoms with Crippen molar-refractivity contribution >= 4 is 17.6 Å². The smallest absolute Gasteiger partial charge is 0.321 e. The molecule has 0 saturated carbocycles. The molecule has 42 valence electrons. The molecule has 0 aliphatic heterocycles. The van der Waals surface area contributed by atoms with E-state index in [1.807, 2.05) is 0 Å². The molecule has 0 aliphatic rings. The molecule has 0 heterocycles. The average Bonchev–Trinajstić information content (AvgIpc) is 1.64. The van der Waals surface area contributed by atoms with Crippen LogP contribution in [0, 0.1) is 0 Å². The van der Waals surface area contributed by atoms with Crippen molar-refractivity contribution in [2.75, 3.05) is 5.86 Å². The Balaban J connectivity index is 3.64. The van der Waals surface area contributed by atoms with Gasteiger partial charge in [0, 0.05) is 7.23 Å². The van der Waals surface area contributed by atoms with Gasteiger partial charge in [-0.2, -0.15) is 0 Å². The highest BCUT2D eigenvalue weighted by molar-refractivity contribution is 6.19. The lowest BCUT2D eigenvalue weighted by Crippen LogP contribution is -2.31. The number of carboxylic acid groups (broad SMARTS) is 1. The van der Waals surface area contributed by atoms with Gasteiger partial charge in [0.2, 0.25) is 0 Å². The van der Waals surface area contributed by atoms with Crippen LogP contribution in [0.1, 0.15) is 1.37 Å². The monoisotopic (exact) mass is 124 g/mol. The number of alkyl halides is 1. The lowest BCUT2D eigenvalue weighted by molar-refractivity contribution is -0.137. The second kappa shape index (κ2) is 2.82. The van der Waals surface area contributed by atoms with Crippen molar-refractivity contribution in [2.24, 2.45) is 5.73 Å². The van der Waals surface area contributed by atoms with Crippen LogP contribution in [0.25, 0.3) is 0 Å². The molecule has 0 aliphatic carbocycles. The van der Waals surface area contributed by atoms with E-state index in [0.717, 1.165) is 0 Å². The van der Waals surface area contributed by atoms with Crippen LogP contribution in [0.5, 0.6) is 0 Å². The van der Waals surface area contributed by atoms with Gasteiger partial charge in [0.1, 0.15) is 6.04 Å². The molecule has 3 nitrogen and oxygen atoms in total. The summed E-state index contributed by atoms with van der Waals surface area (Å²) in [5, 5.41) is 8.02. The Morgan fingerprint density at radius 3 is 2.71 bits per heavy atom. The van der Waals surface area contributed by atoms with E-state index in [1.54, 1.807) is 0 Å². The quantitative estimate of drug-likeness (QED) is 0.494. The van der Waals surface area contributed by atoms with Gasteiger partial charge < -0.3 is 10.8 Å². The van der Waals surface area contributed by atoms with Crippen LogP contribution < -0.4 is 5.73 Å². The Hall–Kier alpha value is -0.280. The summed E-state index contributed by atoms with van der Waals surface area (Å²) < 4.78 is 6.57. The Morgan fingerprint density at radius 2 is 2.71 bits per heavy atom. The molecule has 2 atom stereocenters. The van der Waals surface area contributed by atoms with Crippen molar-refractivity contribution in [3.63, 3.8) is 0 Å². The van der Waals surface area contributed by atoms with Gasteiger partial charge in [-0.1, -0.05) is 0 Å². The van der Waals surface area contributed by atoms with Crippen molar-refractivity contribution in [1.29, 1.82) is 0 Å². The SMILES string of the molecule is [2H][C@H](Cl)[C@@H](N)C(=O)O. The van der Waals surface area contributed by atoms with E-state index in [9.17, 15) is 4.79 Å². The van der Waals surface area contributed by atoms with Gasteiger partial charge in [-0.25, -0.2) is 0 Å². The minimum absolute atomic E-state index is 1.25. The number of rotatable bonds is 2. The summed E-state index contributed by atoms with van der Waals surface area (Å²) in [6.45, 7) is 0. The number of carbonyl (C=O) groups is 1. The summed E-state index contributed by atoms with van der Waals surface area (Å²) >= 11 is 4.98. The van der Waals surface area contributed by atoms with Crippen LogP contribution in [0.15, 0.2) is 0 Å². The molecule has 0 spiro atoms. The zero-order valence-electron chi connectivity index (χ0n) is 4.47. The maximum atomic E-state index is 9.81. The molecule has 0 rings (SSSR count). The van der Waals surface area contributed by atoms with Gasteiger partial charge in [-0.15, -0.1) is 11.6 Å². The molecule has 0 fully saturated rings.